The zero-order valence-corrected chi connectivity index (χ0v) is 10.3. The number of rotatable bonds is 7. The molecule has 0 amide bonds. The molecule has 0 unspecified atom stereocenters. The molecule has 6 heteroatoms. The first kappa shape index (κ1) is 14.1. The molecule has 0 fully saturated rings. The van der Waals surface area contributed by atoms with Crippen molar-refractivity contribution < 1.29 is 18.1 Å². The third kappa shape index (κ3) is 6.57. The van der Waals surface area contributed by atoms with Crippen LogP contribution in [0.25, 0.3) is 0 Å². The normalized spacial score (nSPS) is 13.3. The van der Waals surface area contributed by atoms with Crippen molar-refractivity contribution in [3.05, 3.63) is 11.1 Å². The minimum absolute atomic E-state index is 0.118. The molecule has 0 saturated carbocycles. The number of allylic oxidation sites excluding steroid dienone is 1. The smallest absolute Gasteiger partial charge is 0.287 e. The van der Waals surface area contributed by atoms with Gasteiger partial charge < -0.3 is 0 Å². The molecule has 0 heterocycles. The summed E-state index contributed by atoms with van der Waals surface area (Å²) in [5.74, 6) is 0. The van der Waals surface area contributed by atoms with E-state index in [2.05, 4.69) is 0 Å². The van der Waals surface area contributed by atoms with E-state index in [-0.39, 0.29) is 19.8 Å². The maximum Gasteiger partial charge on any atom is 0.475 e. The summed E-state index contributed by atoms with van der Waals surface area (Å²) in [7, 11) is -3.38. The summed E-state index contributed by atoms with van der Waals surface area (Å²) >= 11 is 5.57. The molecule has 4 nitrogen and oxygen atoms in total. The van der Waals surface area contributed by atoms with Crippen LogP contribution in [0.1, 0.15) is 20.8 Å². The highest BCUT2D eigenvalue weighted by Gasteiger charge is 2.24. The molecular formula is C8H16ClO4P. The van der Waals surface area contributed by atoms with Crippen molar-refractivity contribution >= 4 is 19.4 Å². The van der Waals surface area contributed by atoms with E-state index in [1.807, 2.05) is 0 Å². The van der Waals surface area contributed by atoms with Crippen molar-refractivity contribution in [1.29, 1.82) is 0 Å². The van der Waals surface area contributed by atoms with E-state index < -0.39 is 7.82 Å². The van der Waals surface area contributed by atoms with Gasteiger partial charge in [-0.05, 0) is 26.8 Å². The summed E-state index contributed by atoms with van der Waals surface area (Å²) in [6, 6.07) is 0. The predicted octanol–water partition coefficient (Wildman–Crippen LogP) is 3.33. The van der Waals surface area contributed by atoms with Gasteiger partial charge in [0.15, 0.2) is 0 Å². The lowest BCUT2D eigenvalue weighted by atomic mass is 10.6. The van der Waals surface area contributed by atoms with Gasteiger partial charge in [0, 0.05) is 5.03 Å². The van der Waals surface area contributed by atoms with Gasteiger partial charge in [0.25, 0.3) is 0 Å². The number of hydrogen-bond acceptors (Lipinski definition) is 4. The summed E-state index contributed by atoms with van der Waals surface area (Å²) in [5.41, 5.74) is 0. The fourth-order valence-corrected chi connectivity index (χ4v) is 1.85. The van der Waals surface area contributed by atoms with Crippen LogP contribution in [0.15, 0.2) is 11.1 Å². The summed E-state index contributed by atoms with van der Waals surface area (Å²) in [6.45, 7) is 5.82. The highest BCUT2D eigenvalue weighted by atomic mass is 35.5. The third-order valence-corrected chi connectivity index (χ3v) is 2.94. The molecule has 0 aromatic carbocycles. The van der Waals surface area contributed by atoms with Crippen molar-refractivity contribution in [2.75, 3.05) is 19.8 Å². The maximum atomic E-state index is 11.7. The van der Waals surface area contributed by atoms with Crippen molar-refractivity contribution in [3.8, 4) is 0 Å². The quantitative estimate of drug-likeness (QED) is 0.643. The lowest BCUT2D eigenvalue weighted by molar-refractivity contribution is 0.131. The first-order valence-corrected chi connectivity index (χ1v) is 6.23. The SMILES string of the molecule is CCOP(=O)(OCC)OC/C=C(\C)Cl. The van der Waals surface area contributed by atoms with Gasteiger partial charge >= 0.3 is 7.82 Å². The monoisotopic (exact) mass is 242 g/mol. The Morgan fingerprint density at radius 1 is 1.29 bits per heavy atom. The Morgan fingerprint density at radius 2 is 1.79 bits per heavy atom. The van der Waals surface area contributed by atoms with Crippen molar-refractivity contribution in [2.45, 2.75) is 20.8 Å². The minimum Gasteiger partial charge on any atom is -0.287 e. The molecule has 0 bridgehead atoms. The topological polar surface area (TPSA) is 44.8 Å². The van der Waals surface area contributed by atoms with E-state index in [0.717, 1.165) is 0 Å². The Bertz CT molecular complexity index is 215. The van der Waals surface area contributed by atoms with Crippen LogP contribution in [0.2, 0.25) is 0 Å². The molecular weight excluding hydrogens is 227 g/mol. The summed E-state index contributed by atoms with van der Waals surface area (Å²) in [5, 5.41) is 0.574. The van der Waals surface area contributed by atoms with Crippen LogP contribution in [0, 0.1) is 0 Å². The third-order valence-electron chi connectivity index (χ3n) is 1.17. The van der Waals surface area contributed by atoms with E-state index in [1.54, 1.807) is 26.8 Å². The van der Waals surface area contributed by atoms with Gasteiger partial charge in [-0.1, -0.05) is 11.6 Å². The van der Waals surface area contributed by atoms with E-state index in [9.17, 15) is 4.57 Å². The van der Waals surface area contributed by atoms with E-state index in [4.69, 9.17) is 25.2 Å². The second-order valence-corrected chi connectivity index (χ2v) is 4.63. The average molecular weight is 243 g/mol. The van der Waals surface area contributed by atoms with Crippen LogP contribution in [-0.4, -0.2) is 19.8 Å². The van der Waals surface area contributed by atoms with Crippen molar-refractivity contribution in [1.82, 2.24) is 0 Å². The van der Waals surface area contributed by atoms with E-state index in [1.165, 1.54) is 0 Å². The number of phosphoric ester groups is 1. The van der Waals surface area contributed by atoms with Gasteiger partial charge in [0.2, 0.25) is 0 Å². The predicted molar refractivity (Wildman–Crippen MR) is 56.4 cm³/mol. The van der Waals surface area contributed by atoms with Gasteiger partial charge in [0.05, 0.1) is 19.8 Å². The summed E-state index contributed by atoms with van der Waals surface area (Å²) in [6.07, 6.45) is 1.59. The Hall–Kier alpha value is 0.140. The first-order valence-electron chi connectivity index (χ1n) is 4.40. The van der Waals surface area contributed by atoms with Gasteiger partial charge in [-0.15, -0.1) is 0 Å². The standard InChI is InChI=1S/C8H16ClO4P/c1-4-11-14(10,12-5-2)13-7-6-8(3)9/h6H,4-5,7H2,1-3H3/b8-6+. The van der Waals surface area contributed by atoms with Crippen LogP contribution in [0.4, 0.5) is 0 Å². The van der Waals surface area contributed by atoms with Crippen molar-refractivity contribution in [3.63, 3.8) is 0 Å². The van der Waals surface area contributed by atoms with Crippen LogP contribution >= 0.6 is 19.4 Å². The summed E-state index contributed by atoms with van der Waals surface area (Å²) in [4.78, 5) is 0. The molecule has 0 rings (SSSR count). The second-order valence-electron chi connectivity index (χ2n) is 2.37. The van der Waals surface area contributed by atoms with E-state index in [0.29, 0.717) is 5.03 Å². The summed E-state index contributed by atoms with van der Waals surface area (Å²) < 4.78 is 26.4. The van der Waals surface area contributed by atoms with Gasteiger partial charge in [-0.3, -0.25) is 13.6 Å². The molecule has 0 aliphatic carbocycles. The molecule has 0 aliphatic heterocycles. The molecule has 14 heavy (non-hydrogen) atoms. The maximum absolute atomic E-state index is 11.7. The van der Waals surface area contributed by atoms with Crippen LogP contribution in [0.5, 0.6) is 0 Å². The highest BCUT2D eigenvalue weighted by molar-refractivity contribution is 7.48. The zero-order chi connectivity index (χ0) is 11.0. The Balaban J connectivity index is 4.09. The molecule has 0 spiro atoms. The lowest BCUT2D eigenvalue weighted by Gasteiger charge is -2.15. The molecule has 0 N–H and O–H groups in total. The molecule has 0 aliphatic rings. The van der Waals surface area contributed by atoms with Crippen LogP contribution < -0.4 is 0 Å². The molecule has 0 aromatic rings. The minimum atomic E-state index is -3.38. The van der Waals surface area contributed by atoms with E-state index >= 15 is 0 Å². The molecule has 84 valence electrons. The lowest BCUT2D eigenvalue weighted by Crippen LogP contribution is -2.00. The number of halogens is 1. The van der Waals surface area contributed by atoms with Crippen LogP contribution in [0.3, 0.4) is 0 Å². The van der Waals surface area contributed by atoms with Gasteiger partial charge in [-0.25, -0.2) is 4.57 Å². The highest BCUT2D eigenvalue weighted by Crippen LogP contribution is 2.49. The Labute approximate surface area is 89.8 Å². The largest absolute Gasteiger partial charge is 0.475 e. The Morgan fingerprint density at radius 3 is 2.14 bits per heavy atom. The number of phosphoric acid groups is 1. The van der Waals surface area contributed by atoms with Crippen molar-refractivity contribution in [2.24, 2.45) is 0 Å². The number of hydrogen-bond donors (Lipinski definition) is 0. The molecule has 0 saturated heterocycles. The molecule has 0 aromatic heterocycles. The molecule has 0 atom stereocenters. The fourth-order valence-electron chi connectivity index (χ4n) is 0.671. The molecule has 0 radical (unpaired) electrons. The van der Waals surface area contributed by atoms with Crippen LogP contribution in [-0.2, 0) is 18.1 Å². The van der Waals surface area contributed by atoms with Gasteiger partial charge in [-0.2, -0.15) is 0 Å². The second kappa shape index (κ2) is 7.43. The fraction of sp³-hybridized carbons (Fsp3) is 0.750. The van der Waals surface area contributed by atoms with Gasteiger partial charge in [0.1, 0.15) is 0 Å². The Kier molecular flexibility index (Phi) is 7.51. The first-order chi connectivity index (χ1) is 6.54. The average Bonchev–Trinajstić information content (AvgIpc) is 2.03. The zero-order valence-electron chi connectivity index (χ0n) is 8.66.